The lowest BCUT2D eigenvalue weighted by Crippen LogP contribution is -2.00. The predicted octanol–water partition coefficient (Wildman–Crippen LogP) is 4.34. The van der Waals surface area contributed by atoms with Crippen LogP contribution in [-0.4, -0.2) is 5.78 Å². The summed E-state index contributed by atoms with van der Waals surface area (Å²) < 4.78 is 13.0. The molecule has 2 rings (SSSR count). The molecular weight excluding hydrogens is 239 g/mol. The fourth-order valence-corrected chi connectivity index (χ4v) is 2.15. The fraction of sp³-hybridized carbons (Fsp3) is 0.235. The van der Waals surface area contributed by atoms with Crippen molar-refractivity contribution < 1.29 is 9.18 Å². The molecule has 98 valence electrons. The normalized spacial score (nSPS) is 10.4. The Morgan fingerprint density at radius 3 is 2.53 bits per heavy atom. The van der Waals surface area contributed by atoms with Gasteiger partial charge in [0.2, 0.25) is 0 Å². The van der Waals surface area contributed by atoms with E-state index >= 15 is 0 Å². The lowest BCUT2D eigenvalue weighted by atomic mass is 10.00. The quantitative estimate of drug-likeness (QED) is 0.727. The highest BCUT2D eigenvalue weighted by Gasteiger charge is 2.06. The molecule has 0 saturated heterocycles. The SMILES string of the molecule is Cc1cc(F)ccc1CCCC(=O)c1ccccc1. The number of aryl methyl sites for hydroxylation is 2. The molecule has 0 radical (unpaired) electrons. The van der Waals surface area contributed by atoms with Crippen molar-refractivity contribution in [2.45, 2.75) is 26.2 Å². The van der Waals surface area contributed by atoms with Gasteiger partial charge in [0.1, 0.15) is 5.82 Å². The summed E-state index contributed by atoms with van der Waals surface area (Å²) >= 11 is 0. The minimum absolute atomic E-state index is 0.167. The first-order chi connectivity index (χ1) is 9.16. The van der Waals surface area contributed by atoms with Gasteiger partial charge in [0.05, 0.1) is 0 Å². The minimum atomic E-state index is -0.207. The Morgan fingerprint density at radius 2 is 1.84 bits per heavy atom. The van der Waals surface area contributed by atoms with Crippen LogP contribution in [0.5, 0.6) is 0 Å². The number of hydrogen-bond acceptors (Lipinski definition) is 1. The van der Waals surface area contributed by atoms with E-state index in [1.165, 1.54) is 12.1 Å². The Balaban J connectivity index is 1.88. The molecular formula is C17H17FO. The third-order valence-electron chi connectivity index (χ3n) is 3.25. The Morgan fingerprint density at radius 1 is 1.11 bits per heavy atom. The van der Waals surface area contributed by atoms with Crippen LogP contribution < -0.4 is 0 Å². The second kappa shape index (κ2) is 6.28. The number of rotatable bonds is 5. The minimum Gasteiger partial charge on any atom is -0.294 e. The zero-order valence-corrected chi connectivity index (χ0v) is 11.0. The van der Waals surface area contributed by atoms with Gasteiger partial charge in [-0.3, -0.25) is 4.79 Å². The van der Waals surface area contributed by atoms with Crippen LogP contribution in [0.1, 0.15) is 34.3 Å². The molecule has 2 aromatic rings. The van der Waals surface area contributed by atoms with Crippen LogP contribution in [0.15, 0.2) is 48.5 Å². The van der Waals surface area contributed by atoms with Crippen LogP contribution in [0.4, 0.5) is 4.39 Å². The molecule has 0 heterocycles. The van der Waals surface area contributed by atoms with Crippen molar-refractivity contribution in [2.75, 3.05) is 0 Å². The molecule has 0 bridgehead atoms. The average Bonchev–Trinajstić information content (AvgIpc) is 2.42. The molecule has 0 amide bonds. The smallest absolute Gasteiger partial charge is 0.162 e. The monoisotopic (exact) mass is 256 g/mol. The van der Waals surface area contributed by atoms with Gasteiger partial charge >= 0.3 is 0 Å². The Labute approximate surface area is 113 Å². The molecule has 0 atom stereocenters. The molecule has 1 nitrogen and oxygen atoms in total. The second-order valence-corrected chi connectivity index (χ2v) is 4.71. The lowest BCUT2D eigenvalue weighted by molar-refractivity contribution is 0.0980. The van der Waals surface area contributed by atoms with Crippen LogP contribution >= 0.6 is 0 Å². The maximum absolute atomic E-state index is 13.0. The van der Waals surface area contributed by atoms with Crippen molar-refractivity contribution in [1.82, 2.24) is 0 Å². The van der Waals surface area contributed by atoms with Gasteiger partial charge in [-0.2, -0.15) is 0 Å². The molecule has 0 N–H and O–H groups in total. The first-order valence-electron chi connectivity index (χ1n) is 6.50. The summed E-state index contributed by atoms with van der Waals surface area (Å²) in [5, 5.41) is 0. The van der Waals surface area contributed by atoms with Crippen LogP contribution in [0, 0.1) is 12.7 Å². The molecule has 0 fully saturated rings. The molecule has 2 heteroatoms. The van der Waals surface area contributed by atoms with Crippen molar-refractivity contribution in [3.63, 3.8) is 0 Å². The molecule has 0 unspecified atom stereocenters. The highest BCUT2D eigenvalue weighted by atomic mass is 19.1. The van der Waals surface area contributed by atoms with E-state index in [1.807, 2.05) is 37.3 Å². The molecule has 0 aliphatic carbocycles. The van der Waals surface area contributed by atoms with E-state index in [2.05, 4.69) is 0 Å². The van der Waals surface area contributed by atoms with Crippen molar-refractivity contribution in [3.05, 3.63) is 71.0 Å². The molecule has 0 spiro atoms. The number of benzene rings is 2. The highest BCUT2D eigenvalue weighted by Crippen LogP contribution is 2.14. The van der Waals surface area contributed by atoms with Gasteiger partial charge in [-0.15, -0.1) is 0 Å². The summed E-state index contributed by atoms with van der Waals surface area (Å²) in [5.74, 6) is -0.0398. The van der Waals surface area contributed by atoms with Crippen LogP contribution in [0.3, 0.4) is 0 Å². The molecule has 2 aromatic carbocycles. The first-order valence-corrected chi connectivity index (χ1v) is 6.50. The molecule has 0 aromatic heterocycles. The Bertz CT molecular complexity index is 561. The maximum atomic E-state index is 13.0. The molecule has 19 heavy (non-hydrogen) atoms. The third kappa shape index (κ3) is 3.75. The van der Waals surface area contributed by atoms with Gasteiger partial charge in [0.15, 0.2) is 5.78 Å². The molecule has 0 saturated carbocycles. The second-order valence-electron chi connectivity index (χ2n) is 4.71. The van der Waals surface area contributed by atoms with Crippen LogP contribution in [0.25, 0.3) is 0 Å². The van der Waals surface area contributed by atoms with E-state index in [0.29, 0.717) is 6.42 Å². The van der Waals surface area contributed by atoms with E-state index in [1.54, 1.807) is 6.07 Å². The zero-order valence-electron chi connectivity index (χ0n) is 11.0. The van der Waals surface area contributed by atoms with Gasteiger partial charge in [0.25, 0.3) is 0 Å². The summed E-state index contributed by atoms with van der Waals surface area (Å²) in [6, 6.07) is 14.1. The Kier molecular flexibility index (Phi) is 4.45. The molecule has 0 aliphatic rings. The summed E-state index contributed by atoms with van der Waals surface area (Å²) in [7, 11) is 0. The van der Waals surface area contributed by atoms with E-state index in [-0.39, 0.29) is 11.6 Å². The summed E-state index contributed by atoms with van der Waals surface area (Å²) in [5.41, 5.74) is 2.83. The van der Waals surface area contributed by atoms with Gasteiger partial charge in [0, 0.05) is 12.0 Å². The van der Waals surface area contributed by atoms with E-state index in [0.717, 1.165) is 29.5 Å². The summed E-state index contributed by atoms with van der Waals surface area (Å²) in [4.78, 5) is 11.9. The van der Waals surface area contributed by atoms with Crippen LogP contribution in [-0.2, 0) is 6.42 Å². The molecule has 0 aliphatic heterocycles. The number of carbonyl (C=O) groups is 1. The number of ketones is 1. The van der Waals surface area contributed by atoms with Gasteiger partial charge in [-0.05, 0) is 43.0 Å². The van der Waals surface area contributed by atoms with Crippen molar-refractivity contribution in [1.29, 1.82) is 0 Å². The fourth-order valence-electron chi connectivity index (χ4n) is 2.15. The number of hydrogen-bond donors (Lipinski definition) is 0. The number of Topliss-reactive ketones (excluding diaryl/α,β-unsaturated/α-hetero) is 1. The largest absolute Gasteiger partial charge is 0.294 e. The maximum Gasteiger partial charge on any atom is 0.162 e. The first kappa shape index (κ1) is 13.5. The summed E-state index contributed by atoms with van der Waals surface area (Å²) in [6.45, 7) is 1.90. The van der Waals surface area contributed by atoms with Crippen molar-refractivity contribution in [2.24, 2.45) is 0 Å². The lowest BCUT2D eigenvalue weighted by Gasteiger charge is -2.05. The zero-order chi connectivity index (χ0) is 13.7. The van der Waals surface area contributed by atoms with Crippen LogP contribution in [0.2, 0.25) is 0 Å². The van der Waals surface area contributed by atoms with Gasteiger partial charge < -0.3 is 0 Å². The summed E-state index contributed by atoms with van der Waals surface area (Å²) in [6.07, 6.45) is 2.13. The highest BCUT2D eigenvalue weighted by molar-refractivity contribution is 5.95. The topological polar surface area (TPSA) is 17.1 Å². The van der Waals surface area contributed by atoms with E-state index < -0.39 is 0 Å². The third-order valence-corrected chi connectivity index (χ3v) is 3.25. The number of halogens is 1. The van der Waals surface area contributed by atoms with E-state index in [4.69, 9.17) is 0 Å². The van der Waals surface area contributed by atoms with Crippen molar-refractivity contribution >= 4 is 5.78 Å². The average molecular weight is 256 g/mol. The number of carbonyl (C=O) groups excluding carboxylic acids is 1. The van der Waals surface area contributed by atoms with Gasteiger partial charge in [-0.25, -0.2) is 4.39 Å². The van der Waals surface area contributed by atoms with E-state index in [9.17, 15) is 9.18 Å². The predicted molar refractivity (Wildman–Crippen MR) is 74.8 cm³/mol. The Hall–Kier alpha value is -1.96. The standard InChI is InChI=1S/C17H17FO/c1-13-12-16(18)11-10-14(13)8-5-9-17(19)15-6-3-2-4-7-15/h2-4,6-7,10-12H,5,8-9H2,1H3. The van der Waals surface area contributed by atoms with Gasteiger partial charge in [-0.1, -0.05) is 36.4 Å². The van der Waals surface area contributed by atoms with Crippen molar-refractivity contribution in [3.8, 4) is 0 Å².